The van der Waals surface area contributed by atoms with Gasteiger partial charge in [-0.1, -0.05) is 20.8 Å². The quantitative estimate of drug-likeness (QED) is 0.759. The first kappa shape index (κ1) is 13.7. The Morgan fingerprint density at radius 3 is 2.76 bits per heavy atom. The van der Waals surface area contributed by atoms with Crippen molar-refractivity contribution in [2.45, 2.75) is 33.1 Å². The highest BCUT2D eigenvalue weighted by atomic mass is 16.5. The number of anilines is 1. The molecular weight excluding hydrogens is 218 g/mol. The molecule has 0 spiro atoms. The molecule has 0 fully saturated rings. The van der Waals surface area contributed by atoms with Gasteiger partial charge in [-0.2, -0.15) is 4.98 Å². The molecule has 0 aliphatic carbocycles. The van der Waals surface area contributed by atoms with Crippen LogP contribution in [0.15, 0.2) is 6.07 Å². The van der Waals surface area contributed by atoms with Gasteiger partial charge >= 0.3 is 0 Å². The van der Waals surface area contributed by atoms with E-state index >= 15 is 0 Å². The normalized spacial score (nSPS) is 10.6. The Morgan fingerprint density at radius 2 is 2.18 bits per heavy atom. The number of nitrogens with one attached hydrogen (secondary N) is 1. The minimum atomic E-state index is -0.0151. The first-order valence-corrected chi connectivity index (χ1v) is 6.03. The first-order valence-electron chi connectivity index (χ1n) is 6.03. The summed E-state index contributed by atoms with van der Waals surface area (Å²) in [5.41, 5.74) is 0. The van der Waals surface area contributed by atoms with Crippen LogP contribution in [0.3, 0.4) is 0 Å². The maximum atomic E-state index is 8.73. The van der Waals surface area contributed by atoms with E-state index in [9.17, 15) is 0 Å². The number of ether oxygens (including phenoxy) is 1. The Morgan fingerprint density at radius 1 is 1.41 bits per heavy atom. The molecule has 0 amide bonds. The zero-order valence-electron chi connectivity index (χ0n) is 10.7. The van der Waals surface area contributed by atoms with Crippen LogP contribution in [0.4, 0.5) is 5.82 Å². The van der Waals surface area contributed by atoms with Crippen LogP contribution in [0.5, 0.6) is 5.88 Å². The fourth-order valence-electron chi connectivity index (χ4n) is 1.27. The Labute approximate surface area is 102 Å². The van der Waals surface area contributed by atoms with Crippen molar-refractivity contribution in [3.8, 4) is 5.88 Å². The second kappa shape index (κ2) is 7.06. The topological polar surface area (TPSA) is 67.3 Å². The molecule has 0 saturated heterocycles. The van der Waals surface area contributed by atoms with Crippen molar-refractivity contribution in [2.75, 3.05) is 25.1 Å². The van der Waals surface area contributed by atoms with Gasteiger partial charge in [0.25, 0.3) is 0 Å². The van der Waals surface area contributed by atoms with E-state index < -0.39 is 0 Å². The maximum absolute atomic E-state index is 8.73. The van der Waals surface area contributed by atoms with Crippen LogP contribution in [0, 0.1) is 0 Å². The highest BCUT2D eigenvalue weighted by molar-refractivity contribution is 5.38. The molecule has 5 heteroatoms. The maximum Gasteiger partial charge on any atom is 0.218 e. The van der Waals surface area contributed by atoms with Gasteiger partial charge in [0.1, 0.15) is 18.2 Å². The van der Waals surface area contributed by atoms with Gasteiger partial charge in [0.15, 0.2) is 0 Å². The lowest BCUT2D eigenvalue weighted by Crippen LogP contribution is -2.09. The Hall–Kier alpha value is -1.36. The van der Waals surface area contributed by atoms with Gasteiger partial charge in [0.05, 0.1) is 6.61 Å². The lowest BCUT2D eigenvalue weighted by atomic mass is 10.2. The number of aliphatic hydroxyl groups is 1. The summed E-state index contributed by atoms with van der Waals surface area (Å²) in [5, 5.41) is 11.9. The van der Waals surface area contributed by atoms with E-state index in [0.29, 0.717) is 5.88 Å². The third-order valence-corrected chi connectivity index (χ3v) is 2.13. The van der Waals surface area contributed by atoms with Crippen LogP contribution in [-0.4, -0.2) is 34.8 Å². The Balaban J connectivity index is 2.84. The van der Waals surface area contributed by atoms with E-state index in [1.165, 1.54) is 0 Å². The van der Waals surface area contributed by atoms with Crippen molar-refractivity contribution in [3.05, 3.63) is 11.9 Å². The number of hydrogen-bond donors (Lipinski definition) is 2. The average molecular weight is 239 g/mol. The summed E-state index contributed by atoms with van der Waals surface area (Å²) in [6.45, 7) is 7.28. The molecule has 1 heterocycles. The fourth-order valence-corrected chi connectivity index (χ4v) is 1.27. The molecule has 0 bridgehead atoms. The van der Waals surface area contributed by atoms with Crippen molar-refractivity contribution in [1.82, 2.24) is 9.97 Å². The van der Waals surface area contributed by atoms with E-state index in [-0.39, 0.29) is 19.1 Å². The SMILES string of the molecule is CCCNc1cc(OCCO)nc(C(C)C)n1. The first-order chi connectivity index (χ1) is 8.17. The molecule has 0 unspecified atom stereocenters. The molecule has 0 aliphatic heterocycles. The van der Waals surface area contributed by atoms with Gasteiger partial charge in [-0.15, -0.1) is 0 Å². The predicted octanol–water partition coefficient (Wildman–Crippen LogP) is 1.79. The summed E-state index contributed by atoms with van der Waals surface area (Å²) in [5.74, 6) is 2.28. The zero-order chi connectivity index (χ0) is 12.7. The second-order valence-corrected chi connectivity index (χ2v) is 4.10. The van der Waals surface area contributed by atoms with Crippen LogP contribution in [0.2, 0.25) is 0 Å². The molecule has 0 aliphatic rings. The van der Waals surface area contributed by atoms with Crippen molar-refractivity contribution in [1.29, 1.82) is 0 Å². The van der Waals surface area contributed by atoms with E-state index in [2.05, 4.69) is 22.2 Å². The molecule has 1 aromatic heterocycles. The summed E-state index contributed by atoms with van der Waals surface area (Å²) < 4.78 is 5.33. The summed E-state index contributed by atoms with van der Waals surface area (Å²) in [6.07, 6.45) is 1.04. The lowest BCUT2D eigenvalue weighted by molar-refractivity contribution is 0.196. The predicted molar refractivity (Wildman–Crippen MR) is 67.5 cm³/mol. The third-order valence-electron chi connectivity index (χ3n) is 2.13. The summed E-state index contributed by atoms with van der Waals surface area (Å²) in [6, 6.07) is 1.76. The van der Waals surface area contributed by atoms with Gasteiger partial charge in [0, 0.05) is 18.5 Å². The van der Waals surface area contributed by atoms with Gasteiger partial charge < -0.3 is 15.2 Å². The number of hydrogen-bond acceptors (Lipinski definition) is 5. The van der Waals surface area contributed by atoms with Crippen LogP contribution in [-0.2, 0) is 0 Å². The van der Waals surface area contributed by atoms with E-state index in [0.717, 1.165) is 24.6 Å². The molecule has 17 heavy (non-hydrogen) atoms. The molecule has 0 atom stereocenters. The van der Waals surface area contributed by atoms with Crippen LogP contribution in [0.1, 0.15) is 38.9 Å². The van der Waals surface area contributed by atoms with Crippen molar-refractivity contribution < 1.29 is 9.84 Å². The van der Waals surface area contributed by atoms with Crippen molar-refractivity contribution >= 4 is 5.82 Å². The Kier molecular flexibility index (Phi) is 5.69. The summed E-state index contributed by atoms with van der Waals surface area (Å²) in [7, 11) is 0. The number of rotatable bonds is 7. The molecule has 2 N–H and O–H groups in total. The second-order valence-electron chi connectivity index (χ2n) is 4.10. The van der Waals surface area contributed by atoms with E-state index in [1.54, 1.807) is 6.07 Å². The Bertz CT molecular complexity index is 316. The highest BCUT2D eigenvalue weighted by Gasteiger charge is 2.08. The smallest absolute Gasteiger partial charge is 0.218 e. The summed E-state index contributed by atoms with van der Waals surface area (Å²) in [4.78, 5) is 8.71. The molecule has 1 rings (SSSR count). The minimum Gasteiger partial charge on any atom is -0.475 e. The number of aromatic nitrogens is 2. The molecular formula is C12H21N3O2. The molecule has 96 valence electrons. The van der Waals surface area contributed by atoms with Crippen LogP contribution >= 0.6 is 0 Å². The van der Waals surface area contributed by atoms with Crippen LogP contribution in [0.25, 0.3) is 0 Å². The molecule has 0 radical (unpaired) electrons. The lowest BCUT2D eigenvalue weighted by Gasteiger charge is -2.11. The van der Waals surface area contributed by atoms with E-state index in [4.69, 9.17) is 9.84 Å². The molecule has 0 aromatic carbocycles. The third kappa shape index (κ3) is 4.56. The van der Waals surface area contributed by atoms with E-state index in [1.807, 2.05) is 13.8 Å². The minimum absolute atomic E-state index is 0.0151. The standard InChI is InChI=1S/C12H21N3O2/c1-4-5-13-10-8-11(17-7-6-16)15-12(14-10)9(2)3/h8-9,16H,4-7H2,1-3H3,(H,13,14,15). The van der Waals surface area contributed by atoms with Crippen LogP contribution < -0.4 is 10.1 Å². The number of nitrogens with zero attached hydrogens (tertiary/aromatic N) is 2. The molecule has 0 saturated carbocycles. The largest absolute Gasteiger partial charge is 0.475 e. The van der Waals surface area contributed by atoms with Gasteiger partial charge in [0.2, 0.25) is 5.88 Å². The molecule has 1 aromatic rings. The van der Waals surface area contributed by atoms with Crippen molar-refractivity contribution in [2.24, 2.45) is 0 Å². The zero-order valence-corrected chi connectivity index (χ0v) is 10.7. The average Bonchev–Trinajstić information content (AvgIpc) is 2.33. The molecule has 5 nitrogen and oxygen atoms in total. The van der Waals surface area contributed by atoms with Gasteiger partial charge in [-0.3, -0.25) is 0 Å². The monoisotopic (exact) mass is 239 g/mol. The van der Waals surface area contributed by atoms with Crippen molar-refractivity contribution in [3.63, 3.8) is 0 Å². The fraction of sp³-hybridized carbons (Fsp3) is 0.667. The van der Waals surface area contributed by atoms with Gasteiger partial charge in [-0.05, 0) is 6.42 Å². The summed E-state index contributed by atoms with van der Waals surface area (Å²) >= 11 is 0. The van der Waals surface area contributed by atoms with Gasteiger partial charge in [-0.25, -0.2) is 4.98 Å². The number of aliphatic hydroxyl groups excluding tert-OH is 1. The highest BCUT2D eigenvalue weighted by Crippen LogP contribution is 2.18.